The maximum absolute atomic E-state index is 6.15. The lowest BCUT2D eigenvalue weighted by molar-refractivity contribution is 0.288. The van der Waals surface area contributed by atoms with Crippen molar-refractivity contribution in [3.8, 4) is 5.75 Å². The molecule has 16 heavy (non-hydrogen) atoms. The van der Waals surface area contributed by atoms with Crippen LogP contribution in [-0.2, 0) is 6.42 Å². The minimum absolute atomic E-state index is 0.0854. The lowest BCUT2D eigenvalue weighted by atomic mass is 9.99. The van der Waals surface area contributed by atoms with Crippen molar-refractivity contribution in [2.24, 2.45) is 5.73 Å². The Morgan fingerprint density at radius 3 is 3.00 bits per heavy atom. The molecular weight excluding hydrogens is 200 g/mol. The van der Waals surface area contributed by atoms with Crippen molar-refractivity contribution < 1.29 is 4.74 Å². The zero-order chi connectivity index (χ0) is 11.5. The molecule has 0 aliphatic carbocycles. The summed E-state index contributed by atoms with van der Waals surface area (Å²) in [4.78, 5) is 2.11. The highest BCUT2D eigenvalue weighted by Crippen LogP contribution is 2.27. The molecule has 0 spiro atoms. The minimum atomic E-state index is 0.0854. The summed E-state index contributed by atoms with van der Waals surface area (Å²) in [7, 11) is 4.09. The van der Waals surface area contributed by atoms with Gasteiger partial charge in [-0.15, -0.1) is 0 Å². The molecule has 2 N–H and O–H groups in total. The first-order chi connectivity index (χ1) is 7.66. The van der Waals surface area contributed by atoms with E-state index in [1.807, 2.05) is 14.1 Å². The fourth-order valence-electron chi connectivity index (χ4n) is 2.11. The average Bonchev–Trinajstić information content (AvgIpc) is 2.27. The van der Waals surface area contributed by atoms with Crippen LogP contribution in [0.15, 0.2) is 18.2 Å². The second kappa shape index (κ2) is 4.85. The average molecular weight is 220 g/mol. The largest absolute Gasteiger partial charge is 0.493 e. The van der Waals surface area contributed by atoms with Gasteiger partial charge in [-0.2, -0.15) is 0 Å². The number of ether oxygens (including phenoxy) is 1. The molecule has 88 valence electrons. The number of hydrogen-bond donors (Lipinski definition) is 1. The number of fused-ring (bicyclic) bond motifs is 1. The van der Waals surface area contributed by atoms with Gasteiger partial charge in [0.2, 0.25) is 0 Å². The van der Waals surface area contributed by atoms with E-state index < -0.39 is 0 Å². The Morgan fingerprint density at radius 1 is 1.44 bits per heavy atom. The van der Waals surface area contributed by atoms with Crippen LogP contribution in [-0.4, -0.2) is 32.1 Å². The van der Waals surface area contributed by atoms with Crippen LogP contribution < -0.4 is 10.5 Å². The van der Waals surface area contributed by atoms with Crippen LogP contribution in [0.3, 0.4) is 0 Å². The Bertz CT molecular complexity index is 363. The monoisotopic (exact) mass is 220 g/mol. The molecule has 1 aromatic carbocycles. The molecule has 1 aromatic rings. The summed E-state index contributed by atoms with van der Waals surface area (Å²) in [6, 6.07) is 6.42. The molecule has 3 nitrogen and oxygen atoms in total. The Balaban J connectivity index is 2.16. The van der Waals surface area contributed by atoms with Gasteiger partial charge >= 0.3 is 0 Å². The first-order valence-electron chi connectivity index (χ1n) is 5.83. The summed E-state index contributed by atoms with van der Waals surface area (Å²) in [6.45, 7) is 1.72. The summed E-state index contributed by atoms with van der Waals surface area (Å²) < 4.78 is 5.59. The number of hydrogen-bond acceptors (Lipinski definition) is 3. The number of rotatable bonds is 3. The molecule has 0 saturated carbocycles. The van der Waals surface area contributed by atoms with Crippen LogP contribution in [0, 0.1) is 0 Å². The number of benzene rings is 1. The second-order valence-electron chi connectivity index (χ2n) is 4.69. The van der Waals surface area contributed by atoms with Gasteiger partial charge in [0.1, 0.15) is 5.75 Å². The number of nitrogens with zero attached hydrogens (tertiary/aromatic N) is 1. The molecule has 0 bridgehead atoms. The van der Waals surface area contributed by atoms with Gasteiger partial charge < -0.3 is 15.4 Å². The fourth-order valence-corrected chi connectivity index (χ4v) is 2.11. The van der Waals surface area contributed by atoms with Crippen molar-refractivity contribution >= 4 is 0 Å². The van der Waals surface area contributed by atoms with Gasteiger partial charge in [0.05, 0.1) is 6.61 Å². The van der Waals surface area contributed by atoms with Gasteiger partial charge in [0.25, 0.3) is 0 Å². The number of nitrogens with two attached hydrogens (primary N) is 1. The molecule has 2 rings (SSSR count). The fraction of sp³-hybridized carbons (Fsp3) is 0.538. The molecule has 0 aromatic heterocycles. The van der Waals surface area contributed by atoms with Gasteiger partial charge in [0, 0.05) is 12.6 Å². The first-order valence-corrected chi connectivity index (χ1v) is 5.83. The third-order valence-corrected chi connectivity index (χ3v) is 2.92. The summed E-state index contributed by atoms with van der Waals surface area (Å²) in [5.74, 6) is 1.03. The van der Waals surface area contributed by atoms with E-state index in [0.29, 0.717) is 0 Å². The molecule has 1 unspecified atom stereocenters. The molecule has 3 heteroatoms. The summed E-state index contributed by atoms with van der Waals surface area (Å²) in [5.41, 5.74) is 8.66. The maximum atomic E-state index is 6.15. The Morgan fingerprint density at radius 2 is 2.25 bits per heavy atom. The lowest BCUT2D eigenvalue weighted by Crippen LogP contribution is -2.26. The van der Waals surface area contributed by atoms with Crippen molar-refractivity contribution in [1.82, 2.24) is 4.90 Å². The van der Waals surface area contributed by atoms with E-state index in [-0.39, 0.29) is 6.04 Å². The SMILES string of the molecule is CN(C)CC(N)c1ccc2c(c1)CCCO2. The van der Waals surface area contributed by atoms with Crippen LogP contribution in [0.5, 0.6) is 5.75 Å². The predicted molar refractivity (Wildman–Crippen MR) is 65.7 cm³/mol. The van der Waals surface area contributed by atoms with E-state index in [4.69, 9.17) is 10.5 Å². The van der Waals surface area contributed by atoms with E-state index >= 15 is 0 Å². The quantitative estimate of drug-likeness (QED) is 0.840. The highest BCUT2D eigenvalue weighted by Gasteiger charge is 2.13. The van der Waals surface area contributed by atoms with Gasteiger partial charge in [-0.05, 0) is 44.1 Å². The highest BCUT2D eigenvalue weighted by atomic mass is 16.5. The van der Waals surface area contributed by atoms with Crippen molar-refractivity contribution in [3.63, 3.8) is 0 Å². The normalized spacial score (nSPS) is 16.8. The number of likely N-dealkylation sites (N-methyl/N-ethyl adjacent to an activating group) is 1. The molecule has 0 saturated heterocycles. The smallest absolute Gasteiger partial charge is 0.122 e. The minimum Gasteiger partial charge on any atom is -0.493 e. The molecule has 0 fully saturated rings. The van der Waals surface area contributed by atoms with Crippen molar-refractivity contribution in [1.29, 1.82) is 0 Å². The van der Waals surface area contributed by atoms with Gasteiger partial charge in [0.15, 0.2) is 0 Å². The molecule has 1 aliphatic rings. The lowest BCUT2D eigenvalue weighted by Gasteiger charge is -2.21. The van der Waals surface area contributed by atoms with Crippen LogP contribution in [0.25, 0.3) is 0 Å². The van der Waals surface area contributed by atoms with Gasteiger partial charge in [-0.3, -0.25) is 0 Å². The summed E-state index contributed by atoms with van der Waals surface area (Å²) in [6.07, 6.45) is 2.22. The molecule has 0 radical (unpaired) electrons. The topological polar surface area (TPSA) is 38.5 Å². The van der Waals surface area contributed by atoms with E-state index in [1.54, 1.807) is 0 Å². The second-order valence-corrected chi connectivity index (χ2v) is 4.69. The summed E-state index contributed by atoms with van der Waals surface area (Å²) >= 11 is 0. The zero-order valence-corrected chi connectivity index (χ0v) is 10.1. The zero-order valence-electron chi connectivity index (χ0n) is 10.1. The Labute approximate surface area is 97.2 Å². The van der Waals surface area contributed by atoms with E-state index in [9.17, 15) is 0 Å². The summed E-state index contributed by atoms with van der Waals surface area (Å²) in [5, 5.41) is 0. The molecule has 1 heterocycles. The van der Waals surface area contributed by atoms with Gasteiger partial charge in [-0.25, -0.2) is 0 Å². The first kappa shape index (κ1) is 11.4. The Hall–Kier alpha value is -1.06. The van der Waals surface area contributed by atoms with Crippen LogP contribution in [0.4, 0.5) is 0 Å². The Kier molecular flexibility index (Phi) is 3.46. The predicted octanol–water partition coefficient (Wildman–Crippen LogP) is 1.57. The molecule has 1 atom stereocenters. The van der Waals surface area contributed by atoms with E-state index in [1.165, 1.54) is 11.1 Å². The van der Waals surface area contributed by atoms with Gasteiger partial charge in [-0.1, -0.05) is 12.1 Å². The number of aryl methyl sites for hydroxylation is 1. The van der Waals surface area contributed by atoms with Crippen molar-refractivity contribution in [3.05, 3.63) is 29.3 Å². The van der Waals surface area contributed by atoms with Crippen LogP contribution in [0.1, 0.15) is 23.6 Å². The van der Waals surface area contributed by atoms with Crippen molar-refractivity contribution in [2.75, 3.05) is 27.2 Å². The highest BCUT2D eigenvalue weighted by molar-refractivity contribution is 5.39. The molecular formula is C13H20N2O. The van der Waals surface area contributed by atoms with Crippen LogP contribution >= 0.6 is 0 Å². The third-order valence-electron chi connectivity index (χ3n) is 2.92. The van der Waals surface area contributed by atoms with Crippen LogP contribution in [0.2, 0.25) is 0 Å². The van der Waals surface area contributed by atoms with Crippen molar-refractivity contribution in [2.45, 2.75) is 18.9 Å². The third kappa shape index (κ3) is 2.54. The molecule has 0 amide bonds. The maximum Gasteiger partial charge on any atom is 0.122 e. The molecule has 1 aliphatic heterocycles. The standard InChI is InChI=1S/C13H20N2O/c1-15(2)9-12(14)10-5-6-13-11(8-10)4-3-7-16-13/h5-6,8,12H,3-4,7,9,14H2,1-2H3. The van der Waals surface area contributed by atoms with E-state index in [2.05, 4.69) is 23.1 Å². The van der Waals surface area contributed by atoms with E-state index in [0.717, 1.165) is 31.7 Å².